The molecule has 0 fully saturated rings. The Labute approximate surface area is 102 Å². The lowest BCUT2D eigenvalue weighted by Gasteiger charge is -2.03. The highest BCUT2D eigenvalue weighted by atomic mass is 17.7. The Morgan fingerprint density at radius 3 is 2.71 bits per heavy atom. The van der Waals surface area contributed by atoms with Gasteiger partial charge in [0.2, 0.25) is 0 Å². The van der Waals surface area contributed by atoms with Gasteiger partial charge in [-0.05, 0) is 36.1 Å². The fourth-order valence-electron chi connectivity index (χ4n) is 1.36. The lowest BCUT2D eigenvalue weighted by Crippen LogP contribution is -2.02. The molecule has 0 aliphatic carbocycles. The van der Waals surface area contributed by atoms with Crippen molar-refractivity contribution in [3.63, 3.8) is 0 Å². The van der Waals surface area contributed by atoms with Crippen molar-refractivity contribution in [3.8, 4) is 5.75 Å². The molecular weight excluding hydrogens is 220 g/mol. The molecule has 0 atom stereocenters. The predicted octanol–water partition coefficient (Wildman–Crippen LogP) is 3.75. The number of rotatable bonds is 9. The largest absolute Gasteiger partial charge is 0.306 e. The molecule has 0 radical (unpaired) electrons. The summed E-state index contributed by atoms with van der Waals surface area (Å²) in [5.74, 6) is 0.583. The van der Waals surface area contributed by atoms with Crippen LogP contribution in [0.15, 0.2) is 24.3 Å². The fraction of sp³-hybridized carbons (Fsp3) is 0.538. The summed E-state index contributed by atoms with van der Waals surface area (Å²) in [4.78, 5) is 9.65. The van der Waals surface area contributed by atoms with E-state index in [1.165, 1.54) is 12.8 Å². The molecular formula is C13H20O4. The smallest absolute Gasteiger partial charge is 0.169 e. The summed E-state index contributed by atoms with van der Waals surface area (Å²) >= 11 is 0. The van der Waals surface area contributed by atoms with Crippen LogP contribution in [-0.4, -0.2) is 6.61 Å². The van der Waals surface area contributed by atoms with E-state index in [0.717, 1.165) is 18.4 Å². The Morgan fingerprint density at radius 2 is 1.94 bits per heavy atom. The zero-order valence-corrected chi connectivity index (χ0v) is 10.5. The molecule has 96 valence electrons. The third-order valence-electron chi connectivity index (χ3n) is 2.28. The van der Waals surface area contributed by atoms with Crippen molar-refractivity contribution in [2.24, 2.45) is 0 Å². The molecule has 0 heterocycles. The van der Waals surface area contributed by atoms with Crippen molar-refractivity contribution in [1.29, 1.82) is 0 Å². The van der Waals surface area contributed by atoms with E-state index >= 15 is 0 Å². The number of hydrogen-bond acceptors (Lipinski definition) is 4. The first-order valence-electron chi connectivity index (χ1n) is 6.02. The molecule has 0 aromatic heterocycles. The predicted molar refractivity (Wildman–Crippen MR) is 64.1 cm³/mol. The Bertz CT molecular complexity index is 301. The molecule has 0 amide bonds. The summed E-state index contributed by atoms with van der Waals surface area (Å²) in [6.07, 6.45) is 4.51. The van der Waals surface area contributed by atoms with Crippen molar-refractivity contribution in [2.45, 2.75) is 39.5 Å². The molecule has 0 bridgehead atoms. The van der Waals surface area contributed by atoms with Crippen LogP contribution in [0, 0.1) is 6.92 Å². The van der Waals surface area contributed by atoms with Crippen LogP contribution in [-0.2, 0) is 15.0 Å². The van der Waals surface area contributed by atoms with E-state index in [-0.39, 0.29) is 0 Å². The molecule has 0 unspecified atom stereocenters. The van der Waals surface area contributed by atoms with Crippen LogP contribution in [0.4, 0.5) is 0 Å². The van der Waals surface area contributed by atoms with Gasteiger partial charge in [-0.2, -0.15) is 0 Å². The molecule has 1 rings (SSSR count). The highest BCUT2D eigenvalue weighted by molar-refractivity contribution is 5.26. The summed E-state index contributed by atoms with van der Waals surface area (Å²) < 4.78 is 0. The molecule has 0 aliphatic rings. The van der Waals surface area contributed by atoms with Crippen molar-refractivity contribution in [3.05, 3.63) is 29.8 Å². The molecule has 0 spiro atoms. The molecule has 1 aromatic rings. The van der Waals surface area contributed by atoms with Crippen LogP contribution in [0.5, 0.6) is 5.75 Å². The molecule has 0 saturated heterocycles. The first kappa shape index (κ1) is 14.0. The average Bonchev–Trinajstić information content (AvgIpc) is 2.33. The van der Waals surface area contributed by atoms with Crippen molar-refractivity contribution in [2.75, 3.05) is 6.61 Å². The first-order valence-corrected chi connectivity index (χ1v) is 6.02. The normalized spacial score (nSPS) is 10.5. The van der Waals surface area contributed by atoms with Gasteiger partial charge < -0.3 is 4.89 Å². The Balaban J connectivity index is 1.97. The van der Waals surface area contributed by atoms with Crippen molar-refractivity contribution in [1.82, 2.24) is 0 Å². The fourth-order valence-corrected chi connectivity index (χ4v) is 1.36. The molecule has 0 aliphatic heterocycles. The second-order valence-electron chi connectivity index (χ2n) is 3.92. The monoisotopic (exact) mass is 240 g/mol. The lowest BCUT2D eigenvalue weighted by molar-refractivity contribution is -0.607. The Kier molecular flexibility index (Phi) is 7.38. The van der Waals surface area contributed by atoms with Crippen LogP contribution in [0.3, 0.4) is 0 Å². The third kappa shape index (κ3) is 6.94. The number of hydrogen-bond donors (Lipinski definition) is 0. The van der Waals surface area contributed by atoms with Gasteiger partial charge >= 0.3 is 0 Å². The van der Waals surface area contributed by atoms with Gasteiger partial charge in [0.05, 0.1) is 6.61 Å². The van der Waals surface area contributed by atoms with Gasteiger partial charge in [-0.3, -0.25) is 0 Å². The van der Waals surface area contributed by atoms with E-state index in [1.807, 2.05) is 25.1 Å². The van der Waals surface area contributed by atoms with E-state index in [2.05, 4.69) is 17.0 Å². The zero-order valence-electron chi connectivity index (χ0n) is 10.5. The third-order valence-corrected chi connectivity index (χ3v) is 2.28. The summed E-state index contributed by atoms with van der Waals surface area (Å²) in [5, 5.41) is 8.89. The Hall–Kier alpha value is -1.10. The standard InChI is InChI=1S/C13H20O4/c1-3-4-5-6-10-14-16-17-15-13-9-7-8-12(2)11-13/h7-9,11H,3-6,10H2,1-2H3. The van der Waals surface area contributed by atoms with Crippen LogP contribution in [0.2, 0.25) is 0 Å². The number of benzene rings is 1. The highest BCUT2D eigenvalue weighted by Crippen LogP contribution is 2.12. The molecule has 17 heavy (non-hydrogen) atoms. The summed E-state index contributed by atoms with van der Waals surface area (Å²) in [6.45, 7) is 4.64. The number of unbranched alkanes of at least 4 members (excludes halogenated alkanes) is 3. The maximum Gasteiger partial charge on any atom is 0.169 e. The van der Waals surface area contributed by atoms with Gasteiger partial charge in [0.1, 0.15) is 0 Å². The van der Waals surface area contributed by atoms with E-state index in [0.29, 0.717) is 12.4 Å². The van der Waals surface area contributed by atoms with Gasteiger partial charge in [-0.1, -0.05) is 38.3 Å². The van der Waals surface area contributed by atoms with Gasteiger partial charge in [-0.25, -0.2) is 4.89 Å². The van der Waals surface area contributed by atoms with Gasteiger partial charge in [0, 0.05) is 5.04 Å². The highest BCUT2D eigenvalue weighted by Gasteiger charge is 1.96. The quantitative estimate of drug-likeness (QED) is 0.374. The van der Waals surface area contributed by atoms with E-state index in [4.69, 9.17) is 9.78 Å². The van der Waals surface area contributed by atoms with Crippen LogP contribution in [0.1, 0.15) is 38.2 Å². The minimum absolute atomic E-state index is 0.511. The van der Waals surface area contributed by atoms with Gasteiger partial charge in [-0.15, -0.1) is 0 Å². The van der Waals surface area contributed by atoms with E-state index in [9.17, 15) is 0 Å². The van der Waals surface area contributed by atoms with Crippen LogP contribution >= 0.6 is 0 Å². The Morgan fingerprint density at radius 1 is 1.06 bits per heavy atom. The summed E-state index contributed by atoms with van der Waals surface area (Å²) in [5.41, 5.74) is 1.09. The van der Waals surface area contributed by atoms with Gasteiger partial charge in [0.25, 0.3) is 0 Å². The summed E-state index contributed by atoms with van der Waals surface area (Å²) in [7, 11) is 0. The number of aryl methyl sites for hydroxylation is 1. The maximum atomic E-state index is 4.87. The lowest BCUT2D eigenvalue weighted by atomic mass is 10.2. The SMILES string of the molecule is CCCCCCOOOOc1cccc(C)c1. The first-order chi connectivity index (χ1) is 8.33. The molecule has 1 aromatic carbocycles. The van der Waals surface area contributed by atoms with Crippen molar-refractivity contribution < 1.29 is 19.9 Å². The zero-order chi connectivity index (χ0) is 12.3. The maximum absolute atomic E-state index is 4.87. The minimum atomic E-state index is 0.511. The molecule has 0 saturated carbocycles. The second kappa shape index (κ2) is 8.98. The van der Waals surface area contributed by atoms with Crippen LogP contribution < -0.4 is 4.89 Å². The van der Waals surface area contributed by atoms with E-state index < -0.39 is 0 Å². The minimum Gasteiger partial charge on any atom is -0.306 e. The second-order valence-corrected chi connectivity index (χ2v) is 3.92. The topological polar surface area (TPSA) is 36.9 Å². The van der Waals surface area contributed by atoms with Gasteiger partial charge in [0.15, 0.2) is 5.75 Å². The van der Waals surface area contributed by atoms with Crippen molar-refractivity contribution >= 4 is 0 Å². The molecule has 0 N–H and O–H groups in total. The molecule has 4 heteroatoms. The summed E-state index contributed by atoms with van der Waals surface area (Å²) in [6, 6.07) is 7.46. The van der Waals surface area contributed by atoms with E-state index in [1.54, 1.807) is 6.07 Å². The molecule has 4 nitrogen and oxygen atoms in total. The average molecular weight is 240 g/mol. The van der Waals surface area contributed by atoms with Crippen LogP contribution in [0.25, 0.3) is 0 Å².